The maximum Gasteiger partial charge on any atom is 1.00 e. The van der Waals surface area contributed by atoms with E-state index in [2.05, 4.69) is 0 Å². The molecule has 0 aliphatic carbocycles. The van der Waals surface area contributed by atoms with Crippen LogP contribution in [0.15, 0.2) is 152 Å². The van der Waals surface area contributed by atoms with Crippen molar-refractivity contribution in [1.82, 2.24) is 0 Å². The molecule has 10 rings (SSSR count). The van der Waals surface area contributed by atoms with Gasteiger partial charge in [0.2, 0.25) is 10.9 Å². The molecule has 10 aromatic rings. The Kier molecular flexibility index (Phi) is 23.8. The van der Waals surface area contributed by atoms with Gasteiger partial charge in [-0.25, -0.2) is 18.4 Å². The summed E-state index contributed by atoms with van der Waals surface area (Å²) in [5.74, 6) is -3.97. The zero-order valence-corrected chi connectivity index (χ0v) is 53.4. The second-order valence-corrected chi connectivity index (χ2v) is 20.3. The summed E-state index contributed by atoms with van der Waals surface area (Å²) in [7, 11) is 0. The Hall–Kier alpha value is -8.76. The average molecular weight is 1250 g/mol. The van der Waals surface area contributed by atoms with Crippen LogP contribution in [0.2, 0.25) is 0 Å². The molecular weight excluding hydrogens is 1190 g/mol. The maximum absolute atomic E-state index is 13.3. The second kappa shape index (κ2) is 31.1. The largest absolute Gasteiger partial charge is 1.00 e. The number of ether oxygens (including phenoxy) is 4. The first-order valence-electron chi connectivity index (χ1n) is 28.0. The molecule has 0 atom stereocenters. The third-order valence-corrected chi connectivity index (χ3v) is 14.5. The monoisotopic (exact) mass is 1240 g/mol. The molecule has 22 heteroatoms. The molecule has 0 saturated heterocycles. The van der Waals surface area contributed by atoms with E-state index in [0.717, 1.165) is 11.1 Å². The number of phenolic OH excluding ortho intramolecular Hbond substituents is 2. The summed E-state index contributed by atoms with van der Waals surface area (Å²) in [5, 5.41) is 62.9. The van der Waals surface area contributed by atoms with Crippen LogP contribution in [0.25, 0.3) is 66.1 Å². The number of carbonyl (C=O) groups is 4. The Morgan fingerprint density at radius 2 is 0.822 bits per heavy atom. The second-order valence-electron chi connectivity index (χ2n) is 20.3. The Morgan fingerprint density at radius 1 is 0.467 bits per heavy atom. The van der Waals surface area contributed by atoms with Crippen LogP contribution >= 0.6 is 0 Å². The predicted octanol–water partition coefficient (Wildman–Crippen LogP) is 4.51. The van der Waals surface area contributed by atoms with E-state index >= 15 is 0 Å². The van der Waals surface area contributed by atoms with Gasteiger partial charge < -0.3 is 68.0 Å². The number of hydrogen-bond acceptors (Lipinski definition) is 16. The van der Waals surface area contributed by atoms with E-state index < -0.39 is 34.7 Å². The van der Waals surface area contributed by atoms with Crippen LogP contribution in [0.1, 0.15) is 82.5 Å². The average Bonchev–Trinajstić information content (AvgIpc) is 0.879. The zero-order valence-electron chi connectivity index (χ0n) is 49.4. The van der Waals surface area contributed by atoms with Crippen LogP contribution in [-0.4, -0.2) is 70.7 Å². The van der Waals surface area contributed by atoms with E-state index in [9.17, 15) is 68.2 Å². The molecule has 0 unspecified atom stereocenters. The van der Waals surface area contributed by atoms with Crippen molar-refractivity contribution in [3.05, 3.63) is 199 Å². The summed E-state index contributed by atoms with van der Waals surface area (Å²) in [6.45, 7) is 4.77. The minimum absolute atomic E-state index is 0. The smallest absolute Gasteiger partial charge is 0.550 e. The van der Waals surface area contributed by atoms with Gasteiger partial charge >= 0.3 is 71.1 Å². The number of hydrogen-bond donors (Lipinski definition) is 4. The molecule has 0 spiro atoms. The van der Waals surface area contributed by atoms with Crippen LogP contribution in [0, 0.1) is 11.6 Å². The van der Waals surface area contributed by atoms with Crippen LogP contribution in [0.3, 0.4) is 0 Å². The Labute approximate surface area is 556 Å². The third kappa shape index (κ3) is 16.2. The van der Waals surface area contributed by atoms with Gasteiger partial charge in [0.15, 0.2) is 0 Å². The summed E-state index contributed by atoms with van der Waals surface area (Å²) < 4.78 is 62.5. The number of rotatable bonds is 24. The number of aliphatic carboxylic acids is 2. The number of fused-ring (bicyclic) bond motifs is 4. The first-order valence-corrected chi connectivity index (χ1v) is 28.0. The van der Waals surface area contributed by atoms with Crippen LogP contribution in [0.5, 0.6) is 34.5 Å². The summed E-state index contributed by atoms with van der Waals surface area (Å²) in [6.07, 6.45) is 1.42. The van der Waals surface area contributed by atoms with E-state index in [1.807, 2.05) is 26.0 Å². The first-order chi connectivity index (χ1) is 42.3. The topological polar surface area (TPSA) is 293 Å². The van der Waals surface area contributed by atoms with Crippen molar-refractivity contribution in [2.45, 2.75) is 65.2 Å². The molecule has 0 radical (unpaired) electrons. The Morgan fingerprint density at radius 3 is 1.16 bits per heavy atom. The number of aromatic carboxylic acids is 2. The zero-order chi connectivity index (χ0) is 62.8. The minimum Gasteiger partial charge on any atom is -0.550 e. The minimum atomic E-state index is -1.28. The van der Waals surface area contributed by atoms with Gasteiger partial charge in [0.25, 0.3) is 0 Å². The normalized spacial score (nSPS) is 10.9. The van der Waals surface area contributed by atoms with Crippen molar-refractivity contribution in [1.29, 1.82) is 0 Å². The number of carboxylic acid groups (broad SMARTS) is 4. The number of carbonyl (C=O) groups excluding carboxylic acids is 2. The van der Waals surface area contributed by atoms with E-state index in [1.54, 1.807) is 36.4 Å². The molecule has 90 heavy (non-hydrogen) atoms. The fourth-order valence-corrected chi connectivity index (χ4v) is 9.99. The maximum atomic E-state index is 13.3. The van der Waals surface area contributed by atoms with Gasteiger partial charge in [-0.2, -0.15) is 0 Å². The number of benzene rings is 8. The van der Waals surface area contributed by atoms with Gasteiger partial charge in [0.1, 0.15) is 68.5 Å². The number of aromatic hydroxyl groups is 2. The summed E-state index contributed by atoms with van der Waals surface area (Å²) in [6, 6.07) is 32.4. The van der Waals surface area contributed by atoms with Gasteiger partial charge in [0, 0.05) is 59.2 Å². The summed E-state index contributed by atoms with van der Waals surface area (Å²) in [4.78, 5) is 71.7. The van der Waals surface area contributed by atoms with E-state index in [1.165, 1.54) is 84.9 Å². The molecule has 0 fully saturated rings. The SMILES string of the molecule is CCc1cc(-c2ccc(F)cc2)c(O)cc1OCCCOc1ccc2c(=O)c3cc(C(=O)O)ccc3oc2c1CCC(=O)[O-].CCc1cc(-c2ccc(F)cc2)c(O)cc1OCCCOc1ccc2c(=O)c3cc(C(=O)O)ccc3oc2c1CCC(=O)[O-].[Na+].[Na+]. The number of aryl methyl sites for hydroxylation is 4. The van der Waals surface area contributed by atoms with Gasteiger partial charge in [-0.1, -0.05) is 38.1 Å². The fourth-order valence-electron chi connectivity index (χ4n) is 9.99. The van der Waals surface area contributed by atoms with Crippen molar-refractivity contribution in [3.63, 3.8) is 0 Å². The number of carboxylic acids is 4. The molecule has 0 bridgehead atoms. The standard InChI is InChI=1S/2C34H29FO9.2Na/c2*1-2-19-16-25(20-4-7-22(35)8-5-20)27(36)18-30(19)43-15-3-14-42-28-12-9-24-32(39)26-17-21(34(40)41)6-11-29(26)44-33(24)23(28)10-13-31(37)38;;/h2*4-9,11-12,16-18,36H,2-3,10,13-15H2,1H3,(H,37,38)(H,40,41);;/q;;2*+1/p-2. The third-order valence-electron chi connectivity index (χ3n) is 14.5. The molecule has 0 saturated carbocycles. The van der Waals surface area contributed by atoms with Crippen LogP contribution < -0.4 is 99.1 Å². The van der Waals surface area contributed by atoms with Crippen molar-refractivity contribution in [2.24, 2.45) is 0 Å². The molecule has 0 amide bonds. The first kappa shape index (κ1) is 68.7. The van der Waals surface area contributed by atoms with E-state index in [-0.39, 0.29) is 189 Å². The molecule has 8 aromatic carbocycles. The fraction of sp³-hybridized carbons (Fsp3) is 0.206. The number of phenols is 2. The Bertz CT molecular complexity index is 4150. The van der Waals surface area contributed by atoms with Crippen molar-refractivity contribution < 1.29 is 145 Å². The summed E-state index contributed by atoms with van der Waals surface area (Å²) >= 11 is 0. The van der Waals surface area contributed by atoms with Crippen LogP contribution in [-0.2, 0) is 35.3 Å². The molecule has 18 nitrogen and oxygen atoms in total. The van der Waals surface area contributed by atoms with Gasteiger partial charge in [-0.05, 0) is 158 Å². The van der Waals surface area contributed by atoms with E-state index in [4.69, 9.17) is 27.8 Å². The summed E-state index contributed by atoms with van der Waals surface area (Å²) in [5.41, 5.74) is 4.60. The molecule has 4 N–H and O–H groups in total. The van der Waals surface area contributed by atoms with E-state index in [0.29, 0.717) is 82.1 Å². The molecule has 2 heterocycles. The molecule has 0 aliphatic rings. The van der Waals surface area contributed by atoms with Crippen molar-refractivity contribution in [3.8, 4) is 56.8 Å². The molecular formula is C68H56F2Na2O18. The van der Waals surface area contributed by atoms with Gasteiger partial charge in [-0.3, -0.25) is 9.59 Å². The van der Waals surface area contributed by atoms with Crippen molar-refractivity contribution in [2.75, 3.05) is 26.4 Å². The molecule has 452 valence electrons. The number of halogens is 2. The Balaban J connectivity index is 0.000000250. The predicted molar refractivity (Wildman–Crippen MR) is 318 cm³/mol. The molecule has 0 aliphatic heterocycles. The molecule has 2 aromatic heterocycles. The van der Waals surface area contributed by atoms with Gasteiger partial charge in [0.05, 0.1) is 59.1 Å². The van der Waals surface area contributed by atoms with Gasteiger partial charge in [-0.15, -0.1) is 0 Å². The van der Waals surface area contributed by atoms with Crippen LogP contribution in [0.4, 0.5) is 8.78 Å². The quantitative estimate of drug-likeness (QED) is 0.0368. The van der Waals surface area contributed by atoms with Crippen molar-refractivity contribution >= 4 is 67.8 Å².